The normalized spacial score (nSPS) is 24.2. The highest BCUT2D eigenvalue weighted by atomic mass is 32.1. The fourth-order valence-electron chi connectivity index (χ4n) is 1.95. The highest BCUT2D eigenvalue weighted by Crippen LogP contribution is 2.29. The smallest absolute Gasteiger partial charge is 0.355 e. The average molecular weight is 258 g/mol. The van der Waals surface area contributed by atoms with Gasteiger partial charge in [0, 0.05) is 19.0 Å². The zero-order valence-electron chi connectivity index (χ0n) is 9.37. The molecule has 17 heavy (non-hydrogen) atoms. The molecule has 0 spiro atoms. The number of aromatic carboxylic acids is 1. The van der Waals surface area contributed by atoms with Gasteiger partial charge in [-0.1, -0.05) is 0 Å². The van der Waals surface area contributed by atoms with Crippen molar-refractivity contribution < 1.29 is 19.7 Å². The second-order valence-corrected chi connectivity index (χ2v) is 4.74. The van der Waals surface area contributed by atoms with E-state index in [2.05, 4.69) is 4.98 Å². The lowest BCUT2D eigenvalue weighted by molar-refractivity contribution is 0.0691. The van der Waals surface area contributed by atoms with Crippen LogP contribution in [0, 0.1) is 0 Å². The molecular weight excluding hydrogens is 244 g/mol. The van der Waals surface area contributed by atoms with E-state index in [9.17, 15) is 9.90 Å². The van der Waals surface area contributed by atoms with Crippen molar-refractivity contribution in [3.05, 3.63) is 11.1 Å². The molecule has 0 saturated carbocycles. The van der Waals surface area contributed by atoms with Crippen LogP contribution in [0.2, 0.25) is 0 Å². The number of thiazole rings is 1. The Morgan fingerprint density at radius 1 is 1.76 bits per heavy atom. The molecule has 2 atom stereocenters. The van der Waals surface area contributed by atoms with Crippen LogP contribution in [-0.4, -0.2) is 53.6 Å². The maximum Gasteiger partial charge on any atom is 0.355 e. The Hall–Kier alpha value is -1.18. The first kappa shape index (κ1) is 12.3. The predicted octanol–water partition coefficient (Wildman–Crippen LogP) is 0.427. The Labute approximate surface area is 102 Å². The molecule has 1 aliphatic heterocycles. The number of carboxylic acids is 1. The van der Waals surface area contributed by atoms with Crippen LogP contribution in [-0.2, 0) is 4.74 Å². The number of rotatable bonds is 4. The largest absolute Gasteiger partial charge is 0.476 e. The summed E-state index contributed by atoms with van der Waals surface area (Å²) in [5.41, 5.74) is 0.0440. The molecule has 6 nitrogen and oxygen atoms in total. The van der Waals surface area contributed by atoms with Crippen LogP contribution in [0.4, 0.5) is 5.13 Å². The molecule has 2 rings (SSSR count). The third kappa shape index (κ3) is 2.41. The van der Waals surface area contributed by atoms with Gasteiger partial charge < -0.3 is 19.8 Å². The Morgan fingerprint density at radius 2 is 2.53 bits per heavy atom. The highest BCUT2D eigenvalue weighted by Gasteiger charge is 2.33. The zero-order chi connectivity index (χ0) is 12.4. The summed E-state index contributed by atoms with van der Waals surface area (Å²) < 4.78 is 5.26. The van der Waals surface area contributed by atoms with E-state index in [0.717, 1.165) is 6.42 Å². The third-order valence-corrected chi connectivity index (χ3v) is 3.75. The molecule has 1 saturated heterocycles. The molecule has 1 fully saturated rings. The second-order valence-electron chi connectivity index (χ2n) is 3.90. The van der Waals surface area contributed by atoms with E-state index >= 15 is 0 Å². The van der Waals surface area contributed by atoms with Crippen LogP contribution >= 0.6 is 11.3 Å². The summed E-state index contributed by atoms with van der Waals surface area (Å²) in [5.74, 6) is -1.03. The number of aliphatic hydroxyl groups is 1. The molecule has 1 aromatic rings. The van der Waals surface area contributed by atoms with Gasteiger partial charge in [-0.25, -0.2) is 9.78 Å². The first-order valence-corrected chi connectivity index (χ1v) is 6.12. The lowest BCUT2D eigenvalue weighted by Gasteiger charge is -2.21. The number of methoxy groups -OCH3 is 1. The number of aromatic nitrogens is 1. The Bertz CT molecular complexity index is 409. The van der Waals surface area contributed by atoms with Crippen LogP contribution in [0.25, 0.3) is 0 Å². The molecule has 1 aliphatic rings. The third-order valence-electron chi connectivity index (χ3n) is 2.88. The zero-order valence-corrected chi connectivity index (χ0v) is 10.2. The highest BCUT2D eigenvalue weighted by molar-refractivity contribution is 7.13. The lowest BCUT2D eigenvalue weighted by Crippen LogP contribution is -2.32. The van der Waals surface area contributed by atoms with Gasteiger partial charge in [-0.3, -0.25) is 0 Å². The van der Waals surface area contributed by atoms with Gasteiger partial charge in [0.05, 0.1) is 18.8 Å². The van der Waals surface area contributed by atoms with Crippen molar-refractivity contribution in [2.45, 2.75) is 18.6 Å². The van der Waals surface area contributed by atoms with E-state index in [4.69, 9.17) is 9.84 Å². The number of hydrogen-bond donors (Lipinski definition) is 2. The topological polar surface area (TPSA) is 82.9 Å². The van der Waals surface area contributed by atoms with Gasteiger partial charge >= 0.3 is 5.97 Å². The first-order chi connectivity index (χ1) is 8.15. The van der Waals surface area contributed by atoms with Crippen LogP contribution in [0.3, 0.4) is 0 Å². The Kier molecular flexibility index (Phi) is 3.60. The van der Waals surface area contributed by atoms with E-state index in [1.165, 1.54) is 16.7 Å². The molecule has 1 aromatic heterocycles. The van der Waals surface area contributed by atoms with Crippen molar-refractivity contribution in [1.29, 1.82) is 0 Å². The van der Waals surface area contributed by atoms with Gasteiger partial charge in [0.1, 0.15) is 0 Å². The summed E-state index contributed by atoms with van der Waals surface area (Å²) in [6.07, 6.45) is 0.791. The van der Waals surface area contributed by atoms with E-state index in [1.807, 2.05) is 4.90 Å². The first-order valence-electron chi connectivity index (χ1n) is 5.24. The van der Waals surface area contributed by atoms with Gasteiger partial charge in [-0.05, 0) is 6.42 Å². The summed E-state index contributed by atoms with van der Waals surface area (Å²) in [6, 6.07) is -0.0484. The van der Waals surface area contributed by atoms with Crippen LogP contribution in [0.15, 0.2) is 5.38 Å². The molecule has 0 aromatic carbocycles. The summed E-state index contributed by atoms with van der Waals surface area (Å²) in [7, 11) is 1.63. The molecule has 0 aliphatic carbocycles. The number of nitrogens with zero attached hydrogens (tertiary/aromatic N) is 2. The minimum Gasteiger partial charge on any atom is -0.476 e. The van der Waals surface area contributed by atoms with Gasteiger partial charge in [-0.2, -0.15) is 0 Å². The summed E-state index contributed by atoms with van der Waals surface area (Å²) in [4.78, 5) is 16.7. The predicted molar refractivity (Wildman–Crippen MR) is 62.7 cm³/mol. The summed E-state index contributed by atoms with van der Waals surface area (Å²) in [6.45, 7) is 0.649. The van der Waals surface area contributed by atoms with E-state index in [0.29, 0.717) is 11.7 Å². The van der Waals surface area contributed by atoms with Crippen molar-refractivity contribution in [1.82, 2.24) is 4.98 Å². The number of carboxylic acid groups (broad SMARTS) is 1. The van der Waals surface area contributed by atoms with Gasteiger partial charge in [0.2, 0.25) is 0 Å². The lowest BCUT2D eigenvalue weighted by atomic mass is 10.2. The quantitative estimate of drug-likeness (QED) is 0.814. The molecule has 7 heteroatoms. The molecule has 94 valence electrons. The molecular formula is C10H14N2O4S. The number of carbonyl (C=O) groups is 1. The maximum atomic E-state index is 10.8. The molecule has 0 radical (unpaired) electrons. The number of hydrogen-bond acceptors (Lipinski definition) is 6. The van der Waals surface area contributed by atoms with Crippen LogP contribution < -0.4 is 4.90 Å². The fraction of sp³-hybridized carbons (Fsp3) is 0.600. The SMILES string of the molecule is CO[C@H]1C[C@H](CO)N(c2nc(C(=O)O)cs2)C1. The summed E-state index contributed by atoms with van der Waals surface area (Å²) in [5, 5.41) is 20.2. The Balaban J connectivity index is 2.17. The Morgan fingerprint density at radius 3 is 3.06 bits per heavy atom. The van der Waals surface area contributed by atoms with Crippen molar-refractivity contribution in [2.75, 3.05) is 25.2 Å². The van der Waals surface area contributed by atoms with Crippen LogP contribution in [0.5, 0.6) is 0 Å². The fourth-order valence-corrected chi connectivity index (χ4v) is 2.83. The van der Waals surface area contributed by atoms with Crippen molar-refractivity contribution in [3.8, 4) is 0 Å². The van der Waals surface area contributed by atoms with Crippen molar-refractivity contribution >= 4 is 22.4 Å². The number of ether oxygens (including phenoxy) is 1. The maximum absolute atomic E-state index is 10.8. The minimum atomic E-state index is -1.03. The second kappa shape index (κ2) is 4.99. The summed E-state index contributed by atoms with van der Waals surface area (Å²) >= 11 is 1.27. The van der Waals surface area contributed by atoms with Gasteiger partial charge in [-0.15, -0.1) is 11.3 Å². The monoisotopic (exact) mass is 258 g/mol. The van der Waals surface area contributed by atoms with E-state index in [-0.39, 0.29) is 24.4 Å². The number of aliphatic hydroxyl groups excluding tert-OH is 1. The van der Waals surface area contributed by atoms with Crippen molar-refractivity contribution in [3.63, 3.8) is 0 Å². The molecule has 0 unspecified atom stereocenters. The molecule has 0 amide bonds. The van der Waals surface area contributed by atoms with Crippen molar-refractivity contribution in [2.24, 2.45) is 0 Å². The molecule has 2 N–H and O–H groups in total. The van der Waals surface area contributed by atoms with Crippen LogP contribution in [0.1, 0.15) is 16.9 Å². The standard InChI is InChI=1S/C10H14N2O4S/c1-16-7-2-6(4-13)12(3-7)10-11-8(5-17-10)9(14)15/h5-7,13H,2-4H2,1H3,(H,14,15)/t6-,7+/m1/s1. The van der Waals surface area contributed by atoms with Gasteiger partial charge in [0.15, 0.2) is 10.8 Å². The average Bonchev–Trinajstić information content (AvgIpc) is 2.94. The van der Waals surface area contributed by atoms with Gasteiger partial charge in [0.25, 0.3) is 0 Å². The number of anilines is 1. The van der Waals surface area contributed by atoms with E-state index < -0.39 is 5.97 Å². The van der Waals surface area contributed by atoms with E-state index in [1.54, 1.807) is 7.11 Å². The molecule has 0 bridgehead atoms. The molecule has 2 heterocycles. The minimum absolute atomic E-state index is 0.0157.